The number of nitrogen functional groups attached to an aromatic ring is 1. The minimum Gasteiger partial charge on any atom is -0.436 e. The van der Waals surface area contributed by atoms with Gasteiger partial charge in [-0.15, -0.1) is 5.10 Å². The molecule has 7 heteroatoms. The predicted octanol–water partition coefficient (Wildman–Crippen LogP) is 3.27. The van der Waals surface area contributed by atoms with E-state index in [1.165, 1.54) is 6.07 Å². The van der Waals surface area contributed by atoms with Gasteiger partial charge in [0.25, 0.3) is 0 Å². The topological polar surface area (TPSA) is 91.0 Å². The van der Waals surface area contributed by atoms with Crippen LogP contribution in [0.2, 0.25) is 0 Å². The van der Waals surface area contributed by atoms with Gasteiger partial charge < -0.3 is 14.6 Å². The number of aromatic nitrogens is 3. The molecule has 0 aliphatic carbocycles. The summed E-state index contributed by atoms with van der Waals surface area (Å²) in [5.41, 5.74) is 7.47. The Morgan fingerprint density at radius 3 is 2.59 bits per heavy atom. The van der Waals surface area contributed by atoms with Gasteiger partial charge in [0, 0.05) is 5.56 Å². The molecular formula is C15H9FN4O2. The zero-order chi connectivity index (χ0) is 15.1. The molecule has 22 heavy (non-hydrogen) atoms. The van der Waals surface area contributed by atoms with Crippen LogP contribution in [0.4, 0.5) is 10.4 Å². The summed E-state index contributed by atoms with van der Waals surface area (Å²) in [6.07, 6.45) is 0. The molecule has 0 atom stereocenters. The summed E-state index contributed by atoms with van der Waals surface area (Å²) in [4.78, 5) is 4.31. The largest absolute Gasteiger partial charge is 0.436 e. The quantitative estimate of drug-likeness (QED) is 0.610. The average Bonchev–Trinajstić information content (AvgIpc) is 3.12. The average molecular weight is 296 g/mol. The van der Waals surface area contributed by atoms with E-state index >= 15 is 0 Å². The first-order valence-corrected chi connectivity index (χ1v) is 6.45. The van der Waals surface area contributed by atoms with Crippen LogP contribution in [-0.4, -0.2) is 15.2 Å². The molecule has 0 amide bonds. The number of hydrogen-bond acceptors (Lipinski definition) is 6. The Morgan fingerprint density at radius 2 is 1.82 bits per heavy atom. The zero-order valence-electron chi connectivity index (χ0n) is 11.2. The van der Waals surface area contributed by atoms with E-state index < -0.39 is 0 Å². The molecular weight excluding hydrogens is 287 g/mol. The van der Waals surface area contributed by atoms with Crippen molar-refractivity contribution in [3.05, 3.63) is 48.3 Å². The van der Waals surface area contributed by atoms with Crippen LogP contribution < -0.4 is 5.73 Å². The predicted molar refractivity (Wildman–Crippen MR) is 77.1 cm³/mol. The van der Waals surface area contributed by atoms with E-state index in [0.717, 1.165) is 0 Å². The number of fused-ring (bicyclic) bond motifs is 1. The van der Waals surface area contributed by atoms with E-state index in [-0.39, 0.29) is 23.6 Å². The van der Waals surface area contributed by atoms with Crippen LogP contribution >= 0.6 is 0 Å². The number of rotatable bonds is 2. The van der Waals surface area contributed by atoms with Crippen molar-refractivity contribution in [2.24, 2.45) is 0 Å². The maximum Gasteiger partial charge on any atom is 0.313 e. The number of hydrogen-bond donors (Lipinski definition) is 1. The molecule has 0 aliphatic heterocycles. The Bertz CT molecular complexity index is 977. The lowest BCUT2D eigenvalue weighted by Crippen LogP contribution is -1.82. The van der Waals surface area contributed by atoms with E-state index in [1.54, 1.807) is 36.4 Å². The Balaban J connectivity index is 1.83. The fraction of sp³-hybridized carbons (Fsp3) is 0. The maximum absolute atomic E-state index is 13.8. The molecule has 0 aliphatic rings. The Morgan fingerprint density at radius 1 is 0.955 bits per heavy atom. The third kappa shape index (κ3) is 1.99. The van der Waals surface area contributed by atoms with E-state index in [9.17, 15) is 4.39 Å². The second kappa shape index (κ2) is 4.66. The van der Waals surface area contributed by atoms with E-state index in [4.69, 9.17) is 14.6 Å². The summed E-state index contributed by atoms with van der Waals surface area (Å²) in [5.74, 6) is 0.115. The molecule has 4 rings (SSSR count). The maximum atomic E-state index is 13.8. The molecule has 2 aromatic heterocycles. The minimum absolute atomic E-state index is 0.0118. The molecule has 0 fully saturated rings. The molecule has 0 saturated heterocycles. The Kier molecular flexibility index (Phi) is 2.65. The zero-order valence-corrected chi connectivity index (χ0v) is 11.2. The standard InChI is InChI=1S/C15H9FN4O2/c16-10-4-2-1-3-9(10)14-18-11-7-8(5-6-12(11)21-14)13-19-20-15(17)22-13/h1-7H,(H2,17,20). The molecule has 0 bridgehead atoms. The van der Waals surface area contributed by atoms with Crippen LogP contribution in [0, 0.1) is 5.82 Å². The highest BCUT2D eigenvalue weighted by atomic mass is 19.1. The molecule has 2 heterocycles. The summed E-state index contributed by atoms with van der Waals surface area (Å²) in [6.45, 7) is 0. The Labute approximate surface area is 123 Å². The number of anilines is 1. The first-order valence-electron chi connectivity index (χ1n) is 6.45. The molecule has 4 aromatic rings. The van der Waals surface area contributed by atoms with E-state index in [2.05, 4.69) is 15.2 Å². The van der Waals surface area contributed by atoms with Gasteiger partial charge >= 0.3 is 6.01 Å². The second-order valence-electron chi connectivity index (χ2n) is 4.63. The van der Waals surface area contributed by atoms with Crippen LogP contribution in [0.1, 0.15) is 0 Å². The van der Waals surface area contributed by atoms with Gasteiger partial charge in [-0.3, -0.25) is 0 Å². The summed E-state index contributed by atoms with van der Waals surface area (Å²) in [7, 11) is 0. The number of nitrogens with zero attached hydrogens (tertiary/aromatic N) is 3. The van der Waals surface area contributed by atoms with Gasteiger partial charge in [-0.2, -0.15) is 0 Å². The van der Waals surface area contributed by atoms with Crippen molar-refractivity contribution in [1.29, 1.82) is 0 Å². The lowest BCUT2D eigenvalue weighted by Gasteiger charge is -1.95. The summed E-state index contributed by atoms with van der Waals surface area (Å²) in [5, 5.41) is 7.42. The van der Waals surface area contributed by atoms with Crippen LogP contribution in [-0.2, 0) is 0 Å². The van der Waals surface area contributed by atoms with Gasteiger partial charge in [-0.1, -0.05) is 17.2 Å². The molecule has 0 spiro atoms. The third-order valence-corrected chi connectivity index (χ3v) is 3.18. The first-order chi connectivity index (χ1) is 10.7. The van der Waals surface area contributed by atoms with Gasteiger partial charge in [-0.05, 0) is 30.3 Å². The van der Waals surface area contributed by atoms with Crippen molar-refractivity contribution in [3.63, 3.8) is 0 Å². The fourth-order valence-electron chi connectivity index (χ4n) is 2.16. The lowest BCUT2D eigenvalue weighted by molar-refractivity contribution is 0.590. The van der Waals surface area contributed by atoms with Crippen molar-refractivity contribution in [3.8, 4) is 22.9 Å². The van der Waals surface area contributed by atoms with Crippen LogP contribution in [0.25, 0.3) is 34.0 Å². The van der Waals surface area contributed by atoms with E-state index in [0.29, 0.717) is 22.2 Å². The third-order valence-electron chi connectivity index (χ3n) is 3.18. The van der Waals surface area contributed by atoms with Gasteiger partial charge in [0.1, 0.15) is 11.3 Å². The molecule has 108 valence electrons. The van der Waals surface area contributed by atoms with Crippen LogP contribution in [0.5, 0.6) is 0 Å². The van der Waals surface area contributed by atoms with Gasteiger partial charge in [0.2, 0.25) is 11.8 Å². The van der Waals surface area contributed by atoms with Gasteiger partial charge in [0.05, 0.1) is 5.56 Å². The summed E-state index contributed by atoms with van der Waals surface area (Å²) in [6, 6.07) is 11.5. The molecule has 6 nitrogen and oxygen atoms in total. The molecule has 2 N–H and O–H groups in total. The Hall–Kier alpha value is -3.22. The molecule has 0 unspecified atom stereocenters. The van der Waals surface area contributed by atoms with Crippen molar-refractivity contribution in [2.45, 2.75) is 0 Å². The number of benzene rings is 2. The van der Waals surface area contributed by atoms with Crippen molar-refractivity contribution < 1.29 is 13.2 Å². The SMILES string of the molecule is Nc1nnc(-c2ccc3oc(-c4ccccc4F)nc3c2)o1. The first kappa shape index (κ1) is 12.5. The number of halogens is 1. The number of nitrogens with two attached hydrogens (primary N) is 1. The molecule has 2 aromatic carbocycles. The molecule has 0 radical (unpaired) electrons. The second-order valence-corrected chi connectivity index (χ2v) is 4.63. The van der Waals surface area contributed by atoms with Crippen molar-refractivity contribution in [1.82, 2.24) is 15.2 Å². The summed E-state index contributed by atoms with van der Waals surface area (Å²) < 4.78 is 24.6. The monoisotopic (exact) mass is 296 g/mol. The number of oxazole rings is 1. The highest BCUT2D eigenvalue weighted by Gasteiger charge is 2.14. The van der Waals surface area contributed by atoms with Crippen LogP contribution in [0.15, 0.2) is 51.3 Å². The fourth-order valence-corrected chi connectivity index (χ4v) is 2.16. The lowest BCUT2D eigenvalue weighted by atomic mass is 10.2. The highest BCUT2D eigenvalue weighted by molar-refractivity contribution is 5.80. The molecule has 0 saturated carbocycles. The van der Waals surface area contributed by atoms with Crippen LogP contribution in [0.3, 0.4) is 0 Å². The van der Waals surface area contributed by atoms with Gasteiger partial charge in [-0.25, -0.2) is 9.37 Å². The normalized spacial score (nSPS) is 11.1. The summed E-state index contributed by atoms with van der Waals surface area (Å²) >= 11 is 0. The van der Waals surface area contributed by atoms with E-state index in [1.807, 2.05) is 0 Å². The minimum atomic E-state index is -0.390. The smallest absolute Gasteiger partial charge is 0.313 e. The van der Waals surface area contributed by atoms with Crippen molar-refractivity contribution in [2.75, 3.05) is 5.73 Å². The van der Waals surface area contributed by atoms with Gasteiger partial charge in [0.15, 0.2) is 5.58 Å². The van der Waals surface area contributed by atoms with Crippen molar-refractivity contribution >= 4 is 17.1 Å². The highest BCUT2D eigenvalue weighted by Crippen LogP contribution is 2.29.